The van der Waals surface area contributed by atoms with Crippen molar-refractivity contribution in [3.8, 4) is 0 Å². The van der Waals surface area contributed by atoms with E-state index >= 15 is 0 Å². The van der Waals surface area contributed by atoms with Gasteiger partial charge in [-0.05, 0) is 36.6 Å². The molecule has 0 bridgehead atoms. The molecule has 3 nitrogen and oxygen atoms in total. The maximum atomic E-state index is 5.07. The molecule has 0 amide bonds. The highest BCUT2D eigenvalue weighted by Gasteiger charge is 2.45. The first-order chi connectivity index (χ1) is 16.1. The largest absolute Gasteiger partial charge is 0.377 e. The van der Waals surface area contributed by atoms with Crippen molar-refractivity contribution in [1.82, 2.24) is 9.80 Å². The summed E-state index contributed by atoms with van der Waals surface area (Å²) < 4.78 is 0. The van der Waals surface area contributed by atoms with Gasteiger partial charge in [-0.1, -0.05) is 97.6 Å². The monoisotopic (exact) mass is 435 g/mol. The van der Waals surface area contributed by atoms with Gasteiger partial charge in [-0.3, -0.25) is 4.99 Å². The van der Waals surface area contributed by atoms with Crippen molar-refractivity contribution in [2.24, 2.45) is 4.99 Å². The zero-order valence-corrected chi connectivity index (χ0v) is 19.9. The third kappa shape index (κ3) is 4.23. The normalized spacial score (nSPS) is 19.3. The summed E-state index contributed by atoms with van der Waals surface area (Å²) in [7, 11) is 2.12. The highest BCUT2D eigenvalue weighted by molar-refractivity contribution is 5.87. The van der Waals surface area contributed by atoms with Gasteiger partial charge in [0.15, 0.2) is 0 Å². The van der Waals surface area contributed by atoms with Crippen molar-refractivity contribution in [3.63, 3.8) is 0 Å². The molecule has 1 heterocycles. The van der Waals surface area contributed by atoms with Gasteiger partial charge in [-0.25, -0.2) is 0 Å². The lowest BCUT2D eigenvalue weighted by Gasteiger charge is -2.48. The third-order valence-electron chi connectivity index (χ3n) is 6.47. The SMILES string of the molecule is C=C1/C=C\N(C)C(C)C/C(=N\CC)N1C(c1ccccc1)(c1ccccc1)c1ccccc1. The predicted octanol–water partition coefficient (Wildman–Crippen LogP) is 6.45. The standard InChI is InChI=1S/C30H33N3/c1-5-31-29-23-25(3)32(4)22-21-24(2)33(29)30(26-15-9-6-10-16-26,27-17-11-7-12-18-27)28-19-13-8-14-20-28/h6-22,25H,2,5,23H2,1,3-4H3/b22-21-,31-29+. The lowest BCUT2D eigenvalue weighted by Crippen LogP contribution is -2.52. The number of rotatable bonds is 5. The average Bonchev–Trinajstić information content (AvgIpc) is 2.86. The Hall–Kier alpha value is -3.59. The van der Waals surface area contributed by atoms with Gasteiger partial charge < -0.3 is 9.80 Å². The molecule has 1 unspecified atom stereocenters. The molecule has 3 aromatic rings. The Bertz CT molecular complexity index is 1020. The Morgan fingerprint density at radius 3 is 1.73 bits per heavy atom. The van der Waals surface area contributed by atoms with E-state index in [1.54, 1.807) is 0 Å². The number of aliphatic imine (C=N–C) groups is 1. The van der Waals surface area contributed by atoms with Crippen LogP contribution in [-0.4, -0.2) is 35.3 Å². The van der Waals surface area contributed by atoms with Gasteiger partial charge >= 0.3 is 0 Å². The number of nitrogens with zero attached hydrogens (tertiary/aromatic N) is 3. The molecule has 3 heteroatoms. The van der Waals surface area contributed by atoms with Crippen molar-refractivity contribution in [2.45, 2.75) is 31.8 Å². The second-order valence-corrected chi connectivity index (χ2v) is 8.56. The molecule has 0 aliphatic carbocycles. The van der Waals surface area contributed by atoms with Gasteiger partial charge in [0.05, 0.1) is 0 Å². The summed E-state index contributed by atoms with van der Waals surface area (Å²) in [5.41, 5.74) is 3.85. The van der Waals surface area contributed by atoms with Crippen molar-refractivity contribution in [3.05, 3.63) is 132 Å². The number of allylic oxidation sites excluding steroid dienone is 1. The Balaban J connectivity index is 2.12. The van der Waals surface area contributed by atoms with E-state index in [0.29, 0.717) is 12.6 Å². The number of hydrogen-bond donors (Lipinski definition) is 0. The summed E-state index contributed by atoms with van der Waals surface area (Å²) in [6.45, 7) is 9.63. The highest BCUT2D eigenvalue weighted by Crippen LogP contribution is 2.45. The van der Waals surface area contributed by atoms with E-state index in [1.807, 2.05) is 0 Å². The molecule has 1 aliphatic heterocycles. The molecule has 33 heavy (non-hydrogen) atoms. The molecular weight excluding hydrogens is 402 g/mol. The number of amidine groups is 1. The molecule has 4 rings (SSSR count). The maximum Gasteiger partial charge on any atom is 0.122 e. The summed E-state index contributed by atoms with van der Waals surface area (Å²) in [5.74, 6) is 1.04. The fourth-order valence-corrected chi connectivity index (χ4v) is 4.74. The second kappa shape index (κ2) is 9.91. The van der Waals surface area contributed by atoms with Crippen LogP contribution < -0.4 is 0 Å². The van der Waals surface area contributed by atoms with Crippen LogP contribution in [0.3, 0.4) is 0 Å². The van der Waals surface area contributed by atoms with Gasteiger partial charge in [0.25, 0.3) is 0 Å². The first kappa shape index (κ1) is 22.6. The summed E-state index contributed by atoms with van der Waals surface area (Å²) in [4.78, 5) is 9.68. The molecule has 0 radical (unpaired) electrons. The minimum absolute atomic E-state index is 0.308. The van der Waals surface area contributed by atoms with E-state index in [2.05, 4.69) is 141 Å². The van der Waals surface area contributed by atoms with E-state index < -0.39 is 5.54 Å². The lowest BCUT2D eigenvalue weighted by atomic mass is 9.74. The second-order valence-electron chi connectivity index (χ2n) is 8.56. The molecule has 168 valence electrons. The van der Waals surface area contributed by atoms with Crippen molar-refractivity contribution in [1.29, 1.82) is 0 Å². The van der Waals surface area contributed by atoms with Gasteiger partial charge in [0.1, 0.15) is 11.4 Å². The zero-order valence-electron chi connectivity index (χ0n) is 19.9. The van der Waals surface area contributed by atoms with E-state index in [9.17, 15) is 0 Å². The van der Waals surface area contributed by atoms with Crippen LogP contribution in [0.25, 0.3) is 0 Å². The quantitative estimate of drug-likeness (QED) is 0.429. The Labute approximate surface area is 198 Å². The Morgan fingerprint density at radius 2 is 1.30 bits per heavy atom. The van der Waals surface area contributed by atoms with Crippen LogP contribution in [0.5, 0.6) is 0 Å². The van der Waals surface area contributed by atoms with Gasteiger partial charge in [0, 0.05) is 38.0 Å². The Morgan fingerprint density at radius 1 is 0.848 bits per heavy atom. The Kier molecular flexibility index (Phi) is 6.79. The number of benzene rings is 3. The lowest BCUT2D eigenvalue weighted by molar-refractivity contribution is 0.294. The topological polar surface area (TPSA) is 18.8 Å². The molecular formula is C30H33N3. The minimum atomic E-state index is -0.616. The molecule has 0 N–H and O–H groups in total. The molecule has 0 spiro atoms. The van der Waals surface area contributed by atoms with Crippen LogP contribution in [0, 0.1) is 0 Å². The van der Waals surface area contributed by atoms with Crippen molar-refractivity contribution in [2.75, 3.05) is 13.6 Å². The van der Waals surface area contributed by atoms with Crippen molar-refractivity contribution < 1.29 is 0 Å². The molecule has 0 aromatic heterocycles. The molecule has 0 saturated heterocycles. The fraction of sp³-hybridized carbons (Fsp3) is 0.233. The summed E-state index contributed by atoms with van der Waals surface area (Å²) in [6.07, 6.45) is 5.07. The van der Waals surface area contributed by atoms with Gasteiger partial charge in [-0.15, -0.1) is 0 Å². The molecule has 1 aliphatic rings. The average molecular weight is 436 g/mol. The zero-order chi connectivity index (χ0) is 23.3. The van der Waals surface area contributed by atoms with Crippen LogP contribution in [0.1, 0.15) is 37.0 Å². The van der Waals surface area contributed by atoms with Crippen molar-refractivity contribution >= 4 is 5.84 Å². The van der Waals surface area contributed by atoms with E-state index in [4.69, 9.17) is 4.99 Å². The molecule has 1 atom stereocenters. The van der Waals surface area contributed by atoms with Crippen LogP contribution in [0.4, 0.5) is 0 Å². The molecule has 0 fully saturated rings. The summed E-state index contributed by atoms with van der Waals surface area (Å²) in [6, 6.07) is 32.5. The third-order valence-corrected chi connectivity index (χ3v) is 6.47. The maximum absolute atomic E-state index is 5.07. The number of hydrogen-bond acceptors (Lipinski definition) is 2. The predicted molar refractivity (Wildman–Crippen MR) is 139 cm³/mol. The summed E-state index contributed by atoms with van der Waals surface area (Å²) >= 11 is 0. The van der Waals surface area contributed by atoms with Gasteiger partial charge in [0.2, 0.25) is 0 Å². The smallest absolute Gasteiger partial charge is 0.122 e. The van der Waals surface area contributed by atoms with E-state index in [1.165, 1.54) is 16.7 Å². The van der Waals surface area contributed by atoms with Crippen LogP contribution >= 0.6 is 0 Å². The van der Waals surface area contributed by atoms with E-state index in [-0.39, 0.29) is 0 Å². The van der Waals surface area contributed by atoms with E-state index in [0.717, 1.165) is 18.0 Å². The first-order valence-corrected chi connectivity index (χ1v) is 11.7. The first-order valence-electron chi connectivity index (χ1n) is 11.7. The fourth-order valence-electron chi connectivity index (χ4n) is 4.74. The molecule has 3 aromatic carbocycles. The van der Waals surface area contributed by atoms with Gasteiger partial charge in [-0.2, -0.15) is 0 Å². The van der Waals surface area contributed by atoms with Crippen LogP contribution in [-0.2, 0) is 5.54 Å². The molecule has 0 saturated carbocycles. The minimum Gasteiger partial charge on any atom is -0.377 e. The van der Waals surface area contributed by atoms with Crippen LogP contribution in [0.2, 0.25) is 0 Å². The summed E-state index contributed by atoms with van der Waals surface area (Å²) in [5, 5.41) is 0. The van der Waals surface area contributed by atoms with Crippen LogP contribution in [0.15, 0.2) is 121 Å². The highest BCUT2D eigenvalue weighted by atomic mass is 15.3.